The molecule has 2 heterocycles. The molecule has 1 aliphatic rings. The van der Waals surface area contributed by atoms with Gasteiger partial charge in [0, 0.05) is 6.54 Å². The van der Waals surface area contributed by atoms with Crippen molar-refractivity contribution in [3.8, 4) is 11.5 Å². The maximum absolute atomic E-state index is 13.2. The number of phenols is 1. The number of methoxy groups -OCH3 is 1. The lowest BCUT2D eigenvalue weighted by Gasteiger charge is -2.24. The molecule has 0 aliphatic carbocycles. The molecule has 1 atom stereocenters. The first-order valence-electron chi connectivity index (χ1n) is 8.41. The number of rotatable bonds is 3. The molecule has 0 fully saturated rings. The monoisotopic (exact) mass is 429 g/mol. The first-order valence-corrected chi connectivity index (χ1v) is 9.20. The minimum absolute atomic E-state index is 0.0422. The van der Waals surface area contributed by atoms with Gasteiger partial charge < -0.3 is 19.2 Å². The standard InChI is InChI=1S/C20H16BrNO5/c1-3-22-16(10-8-12(21)18(24)14(9-10)26-2)15-17(23)11-6-4-5-7-13(11)27-19(15)20(22)25/h4-9,16,24H,3H2,1-2H3/t16-/m0/s1. The molecule has 7 heteroatoms. The Morgan fingerprint density at radius 2 is 2.00 bits per heavy atom. The lowest BCUT2D eigenvalue weighted by atomic mass is 9.98. The normalized spacial score (nSPS) is 16.0. The van der Waals surface area contributed by atoms with E-state index in [-0.39, 0.29) is 28.6 Å². The van der Waals surface area contributed by atoms with Crippen LogP contribution in [0.1, 0.15) is 34.6 Å². The molecule has 0 saturated carbocycles. The first kappa shape index (κ1) is 17.6. The van der Waals surface area contributed by atoms with Crippen molar-refractivity contribution in [2.24, 2.45) is 0 Å². The Balaban J connectivity index is 2.03. The zero-order valence-electron chi connectivity index (χ0n) is 14.7. The highest BCUT2D eigenvalue weighted by Crippen LogP contribution is 2.43. The van der Waals surface area contributed by atoms with E-state index in [0.717, 1.165) is 0 Å². The van der Waals surface area contributed by atoms with Crippen molar-refractivity contribution in [3.63, 3.8) is 0 Å². The number of benzene rings is 2. The summed E-state index contributed by atoms with van der Waals surface area (Å²) in [6.45, 7) is 2.23. The molecule has 0 spiro atoms. The molecule has 6 nitrogen and oxygen atoms in total. The third kappa shape index (κ3) is 2.53. The largest absolute Gasteiger partial charge is 0.503 e. The maximum Gasteiger partial charge on any atom is 0.290 e. The molecule has 1 aliphatic heterocycles. The van der Waals surface area contributed by atoms with Gasteiger partial charge in [0.2, 0.25) is 5.76 Å². The summed E-state index contributed by atoms with van der Waals surface area (Å²) in [6.07, 6.45) is 0. The van der Waals surface area contributed by atoms with E-state index in [9.17, 15) is 14.7 Å². The van der Waals surface area contributed by atoms with Gasteiger partial charge in [-0.05, 0) is 52.7 Å². The molecule has 0 bridgehead atoms. The lowest BCUT2D eigenvalue weighted by molar-refractivity contribution is 0.0737. The Kier molecular flexibility index (Phi) is 4.19. The number of para-hydroxylation sites is 1. The van der Waals surface area contributed by atoms with E-state index in [1.54, 1.807) is 41.3 Å². The van der Waals surface area contributed by atoms with Crippen LogP contribution in [0.25, 0.3) is 11.0 Å². The Hall–Kier alpha value is -2.80. The quantitative estimate of drug-likeness (QED) is 0.683. The molecule has 3 aromatic rings. The van der Waals surface area contributed by atoms with Gasteiger partial charge in [-0.15, -0.1) is 0 Å². The third-order valence-corrected chi connectivity index (χ3v) is 5.40. The van der Waals surface area contributed by atoms with Crippen molar-refractivity contribution in [1.29, 1.82) is 0 Å². The van der Waals surface area contributed by atoms with Gasteiger partial charge in [0.1, 0.15) is 5.58 Å². The highest BCUT2D eigenvalue weighted by atomic mass is 79.9. The van der Waals surface area contributed by atoms with Gasteiger partial charge in [0.25, 0.3) is 5.91 Å². The summed E-state index contributed by atoms with van der Waals surface area (Å²) >= 11 is 3.31. The zero-order valence-corrected chi connectivity index (χ0v) is 16.2. The van der Waals surface area contributed by atoms with Gasteiger partial charge in [-0.3, -0.25) is 9.59 Å². The Labute approximate surface area is 163 Å². The van der Waals surface area contributed by atoms with Crippen LogP contribution in [0.15, 0.2) is 50.1 Å². The number of hydrogen-bond acceptors (Lipinski definition) is 5. The number of amides is 1. The van der Waals surface area contributed by atoms with E-state index in [1.165, 1.54) is 7.11 Å². The summed E-state index contributed by atoms with van der Waals surface area (Å²) in [5, 5.41) is 10.5. The molecule has 27 heavy (non-hydrogen) atoms. The van der Waals surface area contributed by atoms with E-state index in [2.05, 4.69) is 15.9 Å². The van der Waals surface area contributed by atoms with Crippen LogP contribution in [0.3, 0.4) is 0 Å². The fraction of sp³-hybridized carbons (Fsp3) is 0.200. The summed E-state index contributed by atoms with van der Waals surface area (Å²) in [4.78, 5) is 27.7. The van der Waals surface area contributed by atoms with E-state index >= 15 is 0 Å². The third-order valence-electron chi connectivity index (χ3n) is 4.80. The molecule has 1 aromatic heterocycles. The summed E-state index contributed by atoms with van der Waals surface area (Å²) < 4.78 is 11.4. The second-order valence-electron chi connectivity index (χ2n) is 6.22. The topological polar surface area (TPSA) is 80.0 Å². The van der Waals surface area contributed by atoms with Gasteiger partial charge in [-0.2, -0.15) is 0 Å². The SMILES string of the molecule is CCN1C(=O)c2oc3ccccc3c(=O)c2[C@@H]1c1cc(Br)c(O)c(OC)c1. The molecule has 2 aromatic carbocycles. The minimum Gasteiger partial charge on any atom is -0.503 e. The second-order valence-corrected chi connectivity index (χ2v) is 7.07. The molecule has 138 valence electrons. The van der Waals surface area contributed by atoms with Crippen LogP contribution in [0.2, 0.25) is 0 Å². The summed E-state index contributed by atoms with van der Waals surface area (Å²) in [5.74, 6) is -0.0573. The number of fused-ring (bicyclic) bond motifs is 2. The van der Waals surface area contributed by atoms with Gasteiger partial charge >= 0.3 is 0 Å². The van der Waals surface area contributed by atoms with Crippen LogP contribution in [0, 0.1) is 0 Å². The maximum atomic E-state index is 13.2. The fourth-order valence-electron chi connectivity index (χ4n) is 3.55. The van der Waals surface area contributed by atoms with E-state index in [1.807, 2.05) is 6.92 Å². The smallest absolute Gasteiger partial charge is 0.290 e. The van der Waals surface area contributed by atoms with Crippen molar-refractivity contribution >= 4 is 32.8 Å². The first-order chi connectivity index (χ1) is 13.0. The average Bonchev–Trinajstić information content (AvgIpc) is 2.96. The number of carbonyl (C=O) groups is 1. The second kappa shape index (κ2) is 6.42. The van der Waals surface area contributed by atoms with Crippen LogP contribution in [0.4, 0.5) is 0 Å². The van der Waals surface area contributed by atoms with Gasteiger partial charge in [-0.25, -0.2) is 0 Å². The number of hydrogen-bond donors (Lipinski definition) is 1. The van der Waals surface area contributed by atoms with E-state index in [0.29, 0.717) is 33.1 Å². The van der Waals surface area contributed by atoms with Crippen LogP contribution < -0.4 is 10.2 Å². The minimum atomic E-state index is -0.621. The molecule has 4 rings (SSSR count). The van der Waals surface area contributed by atoms with Gasteiger partial charge in [-0.1, -0.05) is 12.1 Å². The Morgan fingerprint density at radius 3 is 2.70 bits per heavy atom. The van der Waals surface area contributed by atoms with Crippen LogP contribution in [-0.2, 0) is 0 Å². The molecular formula is C20H16BrNO5. The Bertz CT molecular complexity index is 1140. The highest BCUT2D eigenvalue weighted by Gasteiger charge is 2.42. The van der Waals surface area contributed by atoms with Gasteiger partial charge in [0.15, 0.2) is 16.9 Å². The lowest BCUT2D eigenvalue weighted by Crippen LogP contribution is -2.29. The number of phenolic OH excluding ortho intramolecular Hbond substituents is 1. The van der Waals surface area contributed by atoms with Crippen LogP contribution in [-0.4, -0.2) is 29.6 Å². The van der Waals surface area contributed by atoms with Crippen LogP contribution in [0.5, 0.6) is 11.5 Å². The number of nitrogens with zero attached hydrogens (tertiary/aromatic N) is 1. The van der Waals surface area contributed by atoms with Crippen molar-refractivity contribution in [2.45, 2.75) is 13.0 Å². The van der Waals surface area contributed by atoms with Gasteiger partial charge in [0.05, 0.1) is 28.6 Å². The molecule has 0 radical (unpaired) electrons. The summed E-state index contributed by atoms with van der Waals surface area (Å²) in [7, 11) is 1.44. The highest BCUT2D eigenvalue weighted by molar-refractivity contribution is 9.10. The molecule has 1 amide bonds. The number of halogens is 1. The van der Waals surface area contributed by atoms with Crippen molar-refractivity contribution in [2.75, 3.05) is 13.7 Å². The number of carbonyl (C=O) groups excluding carboxylic acids is 1. The molecular weight excluding hydrogens is 414 g/mol. The summed E-state index contributed by atoms with van der Waals surface area (Å²) in [5.41, 5.74) is 1.10. The average molecular weight is 430 g/mol. The summed E-state index contributed by atoms with van der Waals surface area (Å²) in [6, 6.07) is 9.57. The molecule has 1 N–H and O–H groups in total. The van der Waals surface area contributed by atoms with Crippen molar-refractivity contribution < 1.29 is 19.1 Å². The van der Waals surface area contributed by atoms with Crippen molar-refractivity contribution in [1.82, 2.24) is 4.90 Å². The zero-order chi connectivity index (χ0) is 19.3. The van der Waals surface area contributed by atoms with E-state index < -0.39 is 6.04 Å². The van der Waals surface area contributed by atoms with Crippen LogP contribution >= 0.6 is 15.9 Å². The molecule has 0 saturated heterocycles. The molecule has 0 unspecified atom stereocenters. The predicted molar refractivity (Wildman–Crippen MR) is 103 cm³/mol. The van der Waals surface area contributed by atoms with Crippen molar-refractivity contribution in [3.05, 3.63) is 68.0 Å². The predicted octanol–water partition coefficient (Wildman–Crippen LogP) is 3.83. The fourth-order valence-corrected chi connectivity index (χ4v) is 4.01. The Morgan fingerprint density at radius 1 is 1.26 bits per heavy atom. The number of aromatic hydroxyl groups is 1. The van der Waals surface area contributed by atoms with E-state index in [4.69, 9.17) is 9.15 Å². The number of ether oxygens (including phenoxy) is 1.